The molecule has 3 amide bonds. The molecule has 4 atom stereocenters. The van der Waals surface area contributed by atoms with Crippen molar-refractivity contribution in [2.45, 2.75) is 64.8 Å². The third-order valence-electron chi connectivity index (χ3n) is 6.41. The molecule has 2 heterocycles. The van der Waals surface area contributed by atoms with Gasteiger partial charge < -0.3 is 29.8 Å². The second-order valence-corrected chi connectivity index (χ2v) is 9.72. The molecule has 1 aliphatic heterocycles. The van der Waals surface area contributed by atoms with E-state index in [2.05, 4.69) is 20.5 Å². The normalized spacial score (nSPS) is 17.9. The third-order valence-corrected chi connectivity index (χ3v) is 6.41. The van der Waals surface area contributed by atoms with Gasteiger partial charge in [-0.1, -0.05) is 45.9 Å². The summed E-state index contributed by atoms with van der Waals surface area (Å²) in [6.45, 7) is 7.53. The first-order valence-electron chi connectivity index (χ1n) is 12.3. The molecule has 1 saturated heterocycles. The van der Waals surface area contributed by atoms with Crippen LogP contribution in [0.3, 0.4) is 0 Å². The lowest BCUT2D eigenvalue weighted by molar-refractivity contribution is -0.141. The number of benzene rings is 1. The molecule has 0 aliphatic carbocycles. The molecule has 12 heteroatoms. The van der Waals surface area contributed by atoms with Crippen LogP contribution in [0.2, 0.25) is 0 Å². The number of ether oxygens (including phenoxy) is 1. The van der Waals surface area contributed by atoms with Crippen molar-refractivity contribution in [2.24, 2.45) is 11.8 Å². The Labute approximate surface area is 215 Å². The van der Waals surface area contributed by atoms with E-state index in [9.17, 15) is 24.3 Å². The number of amides is 3. The van der Waals surface area contributed by atoms with E-state index >= 15 is 0 Å². The lowest BCUT2D eigenvalue weighted by Crippen LogP contribution is -2.56. The molecule has 0 spiro atoms. The van der Waals surface area contributed by atoms with Gasteiger partial charge in [0.25, 0.3) is 0 Å². The number of aliphatic hydroxyl groups is 1. The van der Waals surface area contributed by atoms with Gasteiger partial charge in [-0.2, -0.15) is 4.68 Å². The predicted octanol–water partition coefficient (Wildman–Crippen LogP) is 1.37. The van der Waals surface area contributed by atoms with Gasteiger partial charge in [0.05, 0.1) is 18.8 Å². The fraction of sp³-hybridized carbons (Fsp3) is 0.560. The fourth-order valence-electron chi connectivity index (χ4n) is 4.35. The Morgan fingerprint density at radius 2 is 1.78 bits per heavy atom. The van der Waals surface area contributed by atoms with E-state index in [4.69, 9.17) is 4.42 Å². The van der Waals surface area contributed by atoms with Crippen molar-refractivity contribution >= 4 is 17.9 Å². The Morgan fingerprint density at radius 1 is 1.11 bits per heavy atom. The van der Waals surface area contributed by atoms with Crippen molar-refractivity contribution in [1.29, 1.82) is 0 Å². The SMILES string of the molecule is COC(=O)N[C@H](C(=O)N1CCC[C@H]1C(=O)N[C@@H](C(C)C)[C@@H](O)c1nn(-c2ccccc2)c(=O)o1)C(C)C. The topological polar surface area (TPSA) is 156 Å². The van der Waals surface area contributed by atoms with Crippen molar-refractivity contribution in [3.05, 3.63) is 46.8 Å². The largest absolute Gasteiger partial charge is 0.453 e. The summed E-state index contributed by atoms with van der Waals surface area (Å²) in [6.07, 6.45) is -1.10. The van der Waals surface area contributed by atoms with E-state index in [0.717, 1.165) is 4.68 Å². The Bertz CT molecular complexity index is 1140. The van der Waals surface area contributed by atoms with Gasteiger partial charge >= 0.3 is 11.8 Å². The molecule has 0 bridgehead atoms. The zero-order chi connectivity index (χ0) is 27.3. The molecule has 37 heavy (non-hydrogen) atoms. The van der Waals surface area contributed by atoms with Crippen LogP contribution in [0.4, 0.5) is 4.79 Å². The lowest BCUT2D eigenvalue weighted by Gasteiger charge is -2.32. The average molecular weight is 518 g/mol. The molecule has 12 nitrogen and oxygen atoms in total. The molecule has 1 aromatic heterocycles. The lowest BCUT2D eigenvalue weighted by atomic mass is 9.97. The zero-order valence-corrected chi connectivity index (χ0v) is 21.7. The zero-order valence-electron chi connectivity index (χ0n) is 21.7. The van der Waals surface area contributed by atoms with Crippen molar-refractivity contribution in [3.63, 3.8) is 0 Å². The number of para-hydroxylation sites is 1. The molecule has 0 saturated carbocycles. The van der Waals surface area contributed by atoms with Crippen molar-refractivity contribution in [2.75, 3.05) is 13.7 Å². The van der Waals surface area contributed by atoms with E-state index in [-0.39, 0.29) is 23.6 Å². The monoisotopic (exact) mass is 517 g/mol. The molecule has 0 radical (unpaired) electrons. The number of hydrogen-bond acceptors (Lipinski definition) is 8. The number of aromatic nitrogens is 2. The number of rotatable bonds is 9. The summed E-state index contributed by atoms with van der Waals surface area (Å²) in [5, 5.41) is 20.5. The van der Waals surface area contributed by atoms with Gasteiger partial charge in [-0.25, -0.2) is 9.59 Å². The summed E-state index contributed by atoms with van der Waals surface area (Å²) in [5.41, 5.74) is 0.472. The summed E-state index contributed by atoms with van der Waals surface area (Å²) < 4.78 is 10.9. The Kier molecular flexibility index (Phi) is 9.09. The summed E-state index contributed by atoms with van der Waals surface area (Å²) >= 11 is 0. The number of likely N-dealkylation sites (tertiary alicyclic amines) is 1. The molecule has 0 unspecified atom stereocenters. The Balaban J connectivity index is 1.77. The van der Waals surface area contributed by atoms with Crippen molar-refractivity contribution < 1.29 is 28.6 Å². The van der Waals surface area contributed by atoms with Gasteiger partial charge in [-0.15, -0.1) is 5.10 Å². The number of aliphatic hydroxyl groups excluding tert-OH is 1. The molecule has 202 valence electrons. The Morgan fingerprint density at radius 3 is 2.38 bits per heavy atom. The highest BCUT2D eigenvalue weighted by Gasteiger charge is 2.40. The van der Waals surface area contributed by atoms with Gasteiger partial charge in [-0.05, 0) is 36.8 Å². The highest BCUT2D eigenvalue weighted by molar-refractivity contribution is 5.92. The smallest absolute Gasteiger partial charge is 0.442 e. The van der Waals surface area contributed by atoms with Crippen LogP contribution in [-0.2, 0) is 14.3 Å². The van der Waals surface area contributed by atoms with Crippen molar-refractivity contribution in [1.82, 2.24) is 25.3 Å². The summed E-state index contributed by atoms with van der Waals surface area (Å²) in [5.74, 6) is -2.32. The van der Waals surface area contributed by atoms with E-state index in [1.54, 1.807) is 58.0 Å². The van der Waals surface area contributed by atoms with Crippen LogP contribution in [0.1, 0.15) is 52.5 Å². The number of nitrogens with one attached hydrogen (secondary N) is 2. The standard InChI is InChI=1S/C25H35N5O7/c1-14(2)18(20(31)22-28-30(25(35)37-22)16-10-7-6-8-11-16)26-21(32)17-12-9-13-29(17)23(33)19(15(3)4)27-24(34)36-5/h6-8,10-11,14-15,17-20,31H,9,12-13H2,1-5H3,(H,26,32)(H,27,34)/t17-,18-,19-,20+/m0/s1. The first-order valence-corrected chi connectivity index (χ1v) is 12.3. The van der Waals surface area contributed by atoms with Gasteiger partial charge in [0.1, 0.15) is 12.1 Å². The first kappa shape index (κ1) is 27.9. The maximum Gasteiger partial charge on any atom is 0.442 e. The minimum Gasteiger partial charge on any atom is -0.453 e. The second kappa shape index (κ2) is 12.0. The molecular weight excluding hydrogens is 482 g/mol. The molecule has 3 N–H and O–H groups in total. The van der Waals surface area contributed by atoms with Gasteiger partial charge in [0.15, 0.2) is 6.10 Å². The molecule has 1 aliphatic rings. The molecule has 2 aromatic rings. The third kappa shape index (κ3) is 6.37. The summed E-state index contributed by atoms with van der Waals surface area (Å²) in [7, 11) is 1.21. The molecule has 3 rings (SSSR count). The van der Waals surface area contributed by atoms with E-state index in [1.807, 2.05) is 0 Å². The number of carbonyl (C=O) groups excluding carboxylic acids is 3. The van der Waals surface area contributed by atoms with Crippen LogP contribution in [0.5, 0.6) is 0 Å². The van der Waals surface area contributed by atoms with Crippen molar-refractivity contribution in [3.8, 4) is 5.69 Å². The highest BCUT2D eigenvalue weighted by Crippen LogP contribution is 2.24. The minimum absolute atomic E-state index is 0.227. The fourth-order valence-corrected chi connectivity index (χ4v) is 4.35. The van der Waals surface area contributed by atoms with Crippen LogP contribution in [0.25, 0.3) is 5.69 Å². The Hall–Kier alpha value is -3.67. The molecule has 1 aromatic carbocycles. The number of carbonyl (C=O) groups is 3. The van der Waals surface area contributed by atoms with Crippen LogP contribution in [-0.4, -0.2) is 69.5 Å². The van der Waals surface area contributed by atoms with E-state index in [0.29, 0.717) is 25.1 Å². The molecular formula is C25H35N5O7. The number of alkyl carbamates (subject to hydrolysis) is 1. The second-order valence-electron chi connectivity index (χ2n) is 9.72. The van der Waals surface area contributed by atoms with Crippen LogP contribution < -0.4 is 16.4 Å². The van der Waals surface area contributed by atoms with E-state index in [1.165, 1.54) is 12.0 Å². The van der Waals surface area contributed by atoms with Gasteiger partial charge in [0, 0.05) is 6.54 Å². The number of methoxy groups -OCH3 is 1. The number of nitrogens with zero attached hydrogens (tertiary/aromatic N) is 3. The van der Waals surface area contributed by atoms with E-state index < -0.39 is 42.0 Å². The quantitative estimate of drug-likeness (QED) is 0.450. The van der Waals surface area contributed by atoms with Crippen LogP contribution >= 0.6 is 0 Å². The van der Waals surface area contributed by atoms with Gasteiger partial charge in [0.2, 0.25) is 17.7 Å². The van der Waals surface area contributed by atoms with Crippen LogP contribution in [0, 0.1) is 11.8 Å². The average Bonchev–Trinajstić information content (AvgIpc) is 3.52. The maximum absolute atomic E-state index is 13.3. The predicted molar refractivity (Wildman–Crippen MR) is 133 cm³/mol. The summed E-state index contributed by atoms with van der Waals surface area (Å²) in [6, 6.07) is 6.13. The minimum atomic E-state index is -1.41. The molecule has 1 fully saturated rings. The van der Waals surface area contributed by atoms with Gasteiger partial charge in [-0.3, -0.25) is 9.59 Å². The van der Waals surface area contributed by atoms with Crippen LogP contribution in [0.15, 0.2) is 39.5 Å². The number of hydrogen-bond donors (Lipinski definition) is 3. The summed E-state index contributed by atoms with van der Waals surface area (Å²) in [4.78, 5) is 52.2. The maximum atomic E-state index is 13.3. The first-order chi connectivity index (χ1) is 17.5. The highest BCUT2D eigenvalue weighted by atomic mass is 16.5.